The summed E-state index contributed by atoms with van der Waals surface area (Å²) in [5.74, 6) is 3.30. The first kappa shape index (κ1) is 10.6. The second kappa shape index (κ2) is 4.04. The summed E-state index contributed by atoms with van der Waals surface area (Å²) >= 11 is 0. The van der Waals surface area contributed by atoms with E-state index in [-0.39, 0.29) is 0 Å². The highest BCUT2D eigenvalue weighted by Gasteiger charge is 2.21. The molecule has 4 heteroatoms. The molecule has 4 nitrogen and oxygen atoms in total. The zero-order valence-corrected chi connectivity index (χ0v) is 10.1. The third kappa shape index (κ3) is 2.26. The lowest BCUT2D eigenvalue weighted by Crippen LogP contribution is -2.15. The van der Waals surface area contributed by atoms with Crippen LogP contribution >= 0.6 is 0 Å². The van der Waals surface area contributed by atoms with Crippen LogP contribution < -0.4 is 5.32 Å². The molecule has 1 N–H and O–H groups in total. The van der Waals surface area contributed by atoms with Crippen molar-refractivity contribution in [1.82, 2.24) is 10.3 Å². The molecule has 0 aliphatic heterocycles. The Hall–Kier alpha value is -1.55. The lowest BCUT2D eigenvalue weighted by molar-refractivity contribution is 0.473. The molecule has 1 saturated carbocycles. The first-order chi connectivity index (χ1) is 8.22. The minimum Gasteiger partial charge on any atom is -0.466 e. The predicted molar refractivity (Wildman–Crippen MR) is 63.5 cm³/mol. The molecule has 2 aromatic heterocycles. The van der Waals surface area contributed by atoms with Crippen LogP contribution in [0.3, 0.4) is 0 Å². The van der Waals surface area contributed by atoms with Gasteiger partial charge >= 0.3 is 0 Å². The molecule has 2 aromatic rings. The van der Waals surface area contributed by atoms with E-state index < -0.39 is 0 Å². The molecule has 2 heterocycles. The molecule has 0 bridgehead atoms. The molecule has 17 heavy (non-hydrogen) atoms. The summed E-state index contributed by atoms with van der Waals surface area (Å²) in [6, 6.07) is 2.65. The number of nitrogens with one attached hydrogen (secondary N) is 1. The van der Waals surface area contributed by atoms with E-state index in [1.54, 1.807) is 6.20 Å². The van der Waals surface area contributed by atoms with Crippen molar-refractivity contribution in [2.75, 3.05) is 0 Å². The minimum atomic E-state index is 0.670. The van der Waals surface area contributed by atoms with Gasteiger partial charge in [0.25, 0.3) is 0 Å². The Balaban J connectivity index is 1.76. The molecule has 0 aromatic carbocycles. The van der Waals surface area contributed by atoms with Crippen LogP contribution in [0.2, 0.25) is 0 Å². The van der Waals surface area contributed by atoms with Crippen molar-refractivity contribution in [1.29, 1.82) is 0 Å². The van der Waals surface area contributed by atoms with E-state index in [2.05, 4.69) is 10.3 Å². The smallest absolute Gasteiger partial charge is 0.208 e. The maximum atomic E-state index is 5.71. The highest BCUT2D eigenvalue weighted by molar-refractivity contribution is 5.59. The van der Waals surface area contributed by atoms with Crippen LogP contribution in [0.25, 0.3) is 11.3 Å². The average Bonchev–Trinajstić information content (AvgIpc) is 2.90. The molecule has 3 rings (SSSR count). The highest BCUT2D eigenvalue weighted by Crippen LogP contribution is 2.27. The maximum absolute atomic E-state index is 5.71. The number of nitrogens with zero attached hydrogens (tertiary/aromatic N) is 1. The van der Waals surface area contributed by atoms with Crippen LogP contribution in [0.1, 0.15) is 30.3 Å². The molecule has 0 atom stereocenters. The molecule has 1 fully saturated rings. The van der Waals surface area contributed by atoms with E-state index in [0.29, 0.717) is 12.6 Å². The van der Waals surface area contributed by atoms with Gasteiger partial charge in [-0.25, -0.2) is 4.98 Å². The van der Waals surface area contributed by atoms with Gasteiger partial charge in [0.1, 0.15) is 11.5 Å². The van der Waals surface area contributed by atoms with Crippen LogP contribution in [-0.4, -0.2) is 11.0 Å². The van der Waals surface area contributed by atoms with Gasteiger partial charge in [0.05, 0.1) is 18.3 Å². The van der Waals surface area contributed by atoms with Crippen molar-refractivity contribution in [3.8, 4) is 11.3 Å². The summed E-state index contributed by atoms with van der Waals surface area (Å²) in [5, 5.41) is 3.38. The Morgan fingerprint density at radius 2 is 2.18 bits per heavy atom. The molecular formula is C13H16N2O2. The molecule has 90 valence electrons. The summed E-state index contributed by atoms with van der Waals surface area (Å²) in [6.07, 6.45) is 4.31. The molecule has 0 unspecified atom stereocenters. The summed E-state index contributed by atoms with van der Waals surface area (Å²) in [5.41, 5.74) is 0.993. The van der Waals surface area contributed by atoms with Gasteiger partial charge in [0.2, 0.25) is 5.89 Å². The molecule has 1 aliphatic carbocycles. The van der Waals surface area contributed by atoms with Crippen LogP contribution in [-0.2, 0) is 6.54 Å². The third-order valence-corrected chi connectivity index (χ3v) is 2.98. The fourth-order valence-corrected chi connectivity index (χ4v) is 1.91. The topological polar surface area (TPSA) is 51.2 Å². The average molecular weight is 232 g/mol. The van der Waals surface area contributed by atoms with Gasteiger partial charge in [-0.05, 0) is 32.8 Å². The zero-order chi connectivity index (χ0) is 11.8. The second-order valence-corrected chi connectivity index (χ2v) is 4.60. The Morgan fingerprint density at radius 3 is 2.82 bits per heavy atom. The molecule has 0 radical (unpaired) electrons. The molecule has 0 amide bonds. The Bertz CT molecular complexity index is 523. The van der Waals surface area contributed by atoms with Crippen molar-refractivity contribution in [3.05, 3.63) is 29.7 Å². The van der Waals surface area contributed by atoms with Gasteiger partial charge in [-0.1, -0.05) is 0 Å². The fourth-order valence-electron chi connectivity index (χ4n) is 1.91. The number of hydrogen-bond acceptors (Lipinski definition) is 4. The van der Waals surface area contributed by atoms with Crippen LogP contribution in [0, 0.1) is 13.8 Å². The first-order valence-corrected chi connectivity index (χ1v) is 5.98. The lowest BCUT2D eigenvalue weighted by Gasteiger charge is -1.96. The van der Waals surface area contributed by atoms with E-state index in [9.17, 15) is 0 Å². The van der Waals surface area contributed by atoms with E-state index in [1.807, 2.05) is 19.9 Å². The maximum Gasteiger partial charge on any atom is 0.208 e. The molecule has 1 aliphatic rings. The van der Waals surface area contributed by atoms with Gasteiger partial charge in [-0.2, -0.15) is 0 Å². The largest absolute Gasteiger partial charge is 0.466 e. The third-order valence-electron chi connectivity index (χ3n) is 2.98. The first-order valence-electron chi connectivity index (χ1n) is 5.98. The van der Waals surface area contributed by atoms with Crippen molar-refractivity contribution in [2.45, 2.75) is 39.3 Å². The number of oxazole rings is 1. The summed E-state index contributed by atoms with van der Waals surface area (Å²) in [6.45, 7) is 4.58. The SMILES string of the molecule is Cc1cc(-c2cnc(CNC3CC3)o2)c(C)o1. The fraction of sp³-hybridized carbons (Fsp3) is 0.462. The highest BCUT2D eigenvalue weighted by atomic mass is 16.4. The molecule has 0 spiro atoms. The Labute approximate surface area is 100 Å². The van der Waals surface area contributed by atoms with Gasteiger partial charge < -0.3 is 14.2 Å². The standard InChI is InChI=1S/C13H16N2O2/c1-8-5-11(9(2)16-8)12-6-15-13(17-12)7-14-10-3-4-10/h5-6,10,14H,3-4,7H2,1-2H3. The lowest BCUT2D eigenvalue weighted by atomic mass is 10.2. The Kier molecular flexibility index (Phi) is 2.52. The van der Waals surface area contributed by atoms with E-state index in [1.165, 1.54) is 12.8 Å². The number of furan rings is 1. The molecular weight excluding hydrogens is 216 g/mol. The van der Waals surface area contributed by atoms with Crippen molar-refractivity contribution >= 4 is 0 Å². The van der Waals surface area contributed by atoms with E-state index >= 15 is 0 Å². The Morgan fingerprint density at radius 1 is 1.35 bits per heavy atom. The zero-order valence-electron chi connectivity index (χ0n) is 10.1. The second-order valence-electron chi connectivity index (χ2n) is 4.60. The van der Waals surface area contributed by atoms with Gasteiger partial charge in [0, 0.05) is 6.04 Å². The summed E-state index contributed by atoms with van der Waals surface area (Å²) in [7, 11) is 0. The van der Waals surface area contributed by atoms with Gasteiger partial charge in [-0.15, -0.1) is 0 Å². The van der Waals surface area contributed by atoms with E-state index in [0.717, 1.165) is 28.7 Å². The van der Waals surface area contributed by atoms with Crippen molar-refractivity contribution in [2.24, 2.45) is 0 Å². The van der Waals surface area contributed by atoms with Crippen molar-refractivity contribution < 1.29 is 8.83 Å². The van der Waals surface area contributed by atoms with Crippen LogP contribution in [0.4, 0.5) is 0 Å². The number of aromatic nitrogens is 1. The number of hydrogen-bond donors (Lipinski definition) is 1. The summed E-state index contributed by atoms with van der Waals surface area (Å²) in [4.78, 5) is 4.27. The van der Waals surface area contributed by atoms with Crippen molar-refractivity contribution in [3.63, 3.8) is 0 Å². The van der Waals surface area contributed by atoms with Crippen LogP contribution in [0.5, 0.6) is 0 Å². The number of aryl methyl sites for hydroxylation is 2. The normalized spacial score (nSPS) is 15.4. The predicted octanol–water partition coefficient (Wildman–Crippen LogP) is 2.80. The monoisotopic (exact) mass is 232 g/mol. The summed E-state index contributed by atoms with van der Waals surface area (Å²) < 4.78 is 11.2. The van der Waals surface area contributed by atoms with E-state index in [4.69, 9.17) is 8.83 Å². The number of rotatable bonds is 4. The van der Waals surface area contributed by atoms with Crippen LogP contribution in [0.15, 0.2) is 21.1 Å². The van der Waals surface area contributed by atoms with Gasteiger partial charge in [-0.3, -0.25) is 0 Å². The minimum absolute atomic E-state index is 0.670. The quantitative estimate of drug-likeness (QED) is 0.880. The van der Waals surface area contributed by atoms with Gasteiger partial charge in [0.15, 0.2) is 5.76 Å². The molecule has 0 saturated heterocycles.